The van der Waals surface area contributed by atoms with E-state index >= 15 is 0 Å². The highest BCUT2D eigenvalue weighted by Crippen LogP contribution is 2.16. The van der Waals surface area contributed by atoms with Gasteiger partial charge in [-0.1, -0.05) is 40.2 Å². The number of para-hydroxylation sites is 1. The zero-order valence-electron chi connectivity index (χ0n) is 14.3. The average molecular weight is 425 g/mol. The molecule has 136 valence electrons. The third-order valence-corrected chi connectivity index (χ3v) is 4.26. The molecule has 3 aromatic carbocycles. The summed E-state index contributed by atoms with van der Waals surface area (Å²) in [5, 5.41) is 13.6. The first kappa shape index (κ1) is 18.7. The summed E-state index contributed by atoms with van der Waals surface area (Å²) in [7, 11) is 0. The molecule has 2 N–H and O–H groups in total. The molecule has 3 aromatic rings. The van der Waals surface area contributed by atoms with Gasteiger partial charge in [-0.25, -0.2) is 5.43 Å². The van der Waals surface area contributed by atoms with Crippen LogP contribution in [0.5, 0.6) is 11.5 Å². The van der Waals surface area contributed by atoms with Gasteiger partial charge in [0, 0.05) is 4.47 Å². The summed E-state index contributed by atoms with van der Waals surface area (Å²) in [4.78, 5) is 11.9. The van der Waals surface area contributed by atoms with Crippen LogP contribution in [-0.2, 0) is 6.61 Å². The first-order chi connectivity index (χ1) is 13.1. The molecular weight excluding hydrogens is 408 g/mol. The van der Waals surface area contributed by atoms with E-state index in [0.29, 0.717) is 6.61 Å². The van der Waals surface area contributed by atoms with Crippen molar-refractivity contribution in [2.24, 2.45) is 5.10 Å². The van der Waals surface area contributed by atoms with Crippen LogP contribution in [0.1, 0.15) is 21.5 Å². The SMILES string of the molecule is O=C(N/N=C/c1ccc(OCc2ccc(Br)cc2)cc1)c1ccccc1O. The topological polar surface area (TPSA) is 70.9 Å². The van der Waals surface area contributed by atoms with E-state index in [0.717, 1.165) is 21.3 Å². The van der Waals surface area contributed by atoms with Crippen molar-refractivity contribution in [3.8, 4) is 11.5 Å². The maximum atomic E-state index is 11.9. The molecule has 1 amide bonds. The summed E-state index contributed by atoms with van der Waals surface area (Å²) in [5.41, 5.74) is 4.45. The average Bonchev–Trinajstić information content (AvgIpc) is 2.69. The van der Waals surface area contributed by atoms with E-state index in [1.54, 1.807) is 12.1 Å². The third kappa shape index (κ3) is 5.43. The fourth-order valence-electron chi connectivity index (χ4n) is 2.29. The first-order valence-electron chi connectivity index (χ1n) is 8.20. The highest BCUT2D eigenvalue weighted by molar-refractivity contribution is 9.10. The van der Waals surface area contributed by atoms with Crippen LogP contribution in [0.3, 0.4) is 0 Å². The van der Waals surface area contributed by atoms with Crippen molar-refractivity contribution < 1.29 is 14.6 Å². The smallest absolute Gasteiger partial charge is 0.275 e. The summed E-state index contributed by atoms with van der Waals surface area (Å²) in [6.45, 7) is 0.483. The van der Waals surface area contributed by atoms with Gasteiger partial charge in [-0.3, -0.25) is 4.79 Å². The van der Waals surface area contributed by atoms with Crippen LogP contribution in [0.25, 0.3) is 0 Å². The second-order valence-electron chi connectivity index (χ2n) is 5.70. The van der Waals surface area contributed by atoms with Gasteiger partial charge in [0.2, 0.25) is 0 Å². The van der Waals surface area contributed by atoms with Gasteiger partial charge in [0.25, 0.3) is 5.91 Å². The minimum absolute atomic E-state index is 0.0857. The molecule has 0 saturated heterocycles. The van der Waals surface area contributed by atoms with Crippen molar-refractivity contribution in [3.05, 3.63) is 94.0 Å². The normalized spacial score (nSPS) is 10.7. The zero-order chi connectivity index (χ0) is 19.1. The summed E-state index contributed by atoms with van der Waals surface area (Å²) in [6.07, 6.45) is 1.52. The Morgan fingerprint density at radius 3 is 2.44 bits per heavy atom. The molecule has 0 unspecified atom stereocenters. The Morgan fingerprint density at radius 1 is 1.04 bits per heavy atom. The molecule has 6 heteroatoms. The number of hydrogen-bond donors (Lipinski definition) is 2. The van der Waals surface area contributed by atoms with Crippen LogP contribution in [0.2, 0.25) is 0 Å². The van der Waals surface area contributed by atoms with Crippen LogP contribution >= 0.6 is 15.9 Å². The van der Waals surface area contributed by atoms with Crippen LogP contribution in [0.15, 0.2) is 82.4 Å². The molecule has 0 saturated carbocycles. The number of hydrazone groups is 1. The highest BCUT2D eigenvalue weighted by atomic mass is 79.9. The lowest BCUT2D eigenvalue weighted by Gasteiger charge is -2.06. The number of benzene rings is 3. The molecule has 0 aliphatic carbocycles. The van der Waals surface area contributed by atoms with Gasteiger partial charge in [-0.2, -0.15) is 5.10 Å². The number of rotatable bonds is 6. The number of carbonyl (C=O) groups excluding carboxylic acids is 1. The fourth-order valence-corrected chi connectivity index (χ4v) is 2.55. The summed E-state index contributed by atoms with van der Waals surface area (Å²) in [6, 6.07) is 21.6. The van der Waals surface area contributed by atoms with Crippen LogP contribution in [0.4, 0.5) is 0 Å². The standard InChI is InChI=1S/C21H17BrN2O3/c22-17-9-5-16(6-10-17)14-27-18-11-7-15(8-12-18)13-23-24-21(26)19-3-1-2-4-20(19)25/h1-13,25H,14H2,(H,24,26)/b23-13+. The Bertz CT molecular complexity index is 938. The molecule has 27 heavy (non-hydrogen) atoms. The molecule has 0 spiro atoms. The Hall–Kier alpha value is -3.12. The lowest BCUT2D eigenvalue weighted by Crippen LogP contribution is -2.17. The first-order valence-corrected chi connectivity index (χ1v) is 9.00. The van der Waals surface area contributed by atoms with Crippen molar-refractivity contribution in [1.82, 2.24) is 5.43 Å². The number of nitrogens with zero attached hydrogens (tertiary/aromatic N) is 1. The molecule has 0 atom stereocenters. The lowest BCUT2D eigenvalue weighted by molar-refractivity contribution is 0.0952. The Labute approximate surface area is 165 Å². The summed E-state index contributed by atoms with van der Waals surface area (Å²) >= 11 is 3.40. The largest absolute Gasteiger partial charge is 0.507 e. The number of phenolic OH excluding ortho intramolecular Hbond substituents is 1. The Morgan fingerprint density at radius 2 is 1.74 bits per heavy atom. The van der Waals surface area contributed by atoms with Gasteiger partial charge < -0.3 is 9.84 Å². The molecular formula is C21H17BrN2O3. The molecule has 0 fully saturated rings. The highest BCUT2D eigenvalue weighted by Gasteiger charge is 2.08. The second-order valence-corrected chi connectivity index (χ2v) is 6.62. The minimum Gasteiger partial charge on any atom is -0.507 e. The van der Waals surface area contributed by atoms with E-state index in [1.165, 1.54) is 18.3 Å². The van der Waals surface area contributed by atoms with Gasteiger partial charge in [0.05, 0.1) is 11.8 Å². The van der Waals surface area contributed by atoms with E-state index in [1.807, 2.05) is 48.5 Å². The van der Waals surface area contributed by atoms with Gasteiger partial charge in [0.1, 0.15) is 18.1 Å². The van der Waals surface area contributed by atoms with Crippen molar-refractivity contribution in [1.29, 1.82) is 0 Å². The van der Waals surface area contributed by atoms with E-state index < -0.39 is 5.91 Å². The number of aromatic hydroxyl groups is 1. The summed E-state index contributed by atoms with van der Waals surface area (Å²) < 4.78 is 6.78. The van der Waals surface area contributed by atoms with E-state index in [9.17, 15) is 9.90 Å². The van der Waals surface area contributed by atoms with Crippen LogP contribution in [0, 0.1) is 0 Å². The van der Waals surface area contributed by atoms with Crippen molar-refractivity contribution in [2.75, 3.05) is 0 Å². The maximum Gasteiger partial charge on any atom is 0.275 e. The molecule has 5 nitrogen and oxygen atoms in total. The van der Waals surface area contributed by atoms with E-state index in [-0.39, 0.29) is 11.3 Å². The van der Waals surface area contributed by atoms with Gasteiger partial charge in [-0.05, 0) is 59.7 Å². The van der Waals surface area contributed by atoms with Crippen LogP contribution in [-0.4, -0.2) is 17.2 Å². The van der Waals surface area contributed by atoms with Gasteiger partial charge >= 0.3 is 0 Å². The van der Waals surface area contributed by atoms with Crippen molar-refractivity contribution in [2.45, 2.75) is 6.61 Å². The fraction of sp³-hybridized carbons (Fsp3) is 0.0476. The van der Waals surface area contributed by atoms with Crippen molar-refractivity contribution >= 4 is 28.1 Å². The number of carbonyl (C=O) groups is 1. The number of hydrogen-bond acceptors (Lipinski definition) is 4. The predicted molar refractivity (Wildman–Crippen MR) is 108 cm³/mol. The number of halogens is 1. The quantitative estimate of drug-likeness (QED) is 0.452. The van der Waals surface area contributed by atoms with Crippen LogP contribution < -0.4 is 10.2 Å². The lowest BCUT2D eigenvalue weighted by atomic mass is 10.2. The molecule has 0 aliphatic rings. The molecule has 0 aliphatic heterocycles. The van der Waals surface area contributed by atoms with Gasteiger partial charge in [0.15, 0.2) is 0 Å². The predicted octanol–water partition coefficient (Wildman–Crippen LogP) is 4.50. The van der Waals surface area contributed by atoms with Crippen molar-refractivity contribution in [3.63, 3.8) is 0 Å². The number of amides is 1. The minimum atomic E-state index is -0.473. The number of nitrogens with one attached hydrogen (secondary N) is 1. The molecule has 0 heterocycles. The Kier molecular flexibility index (Phi) is 6.22. The molecule has 0 radical (unpaired) electrons. The molecule has 3 rings (SSSR count). The van der Waals surface area contributed by atoms with Gasteiger partial charge in [-0.15, -0.1) is 0 Å². The number of phenols is 1. The third-order valence-electron chi connectivity index (χ3n) is 3.73. The Balaban J connectivity index is 1.52. The number of ether oxygens (including phenoxy) is 1. The summed E-state index contributed by atoms with van der Waals surface area (Å²) in [5.74, 6) is 0.185. The maximum absolute atomic E-state index is 11.9. The molecule has 0 aromatic heterocycles. The monoisotopic (exact) mass is 424 g/mol. The van der Waals surface area contributed by atoms with E-state index in [2.05, 4.69) is 26.5 Å². The second kappa shape index (κ2) is 9.00. The van der Waals surface area contributed by atoms with E-state index in [4.69, 9.17) is 4.74 Å². The zero-order valence-corrected chi connectivity index (χ0v) is 15.9. The molecule has 0 bridgehead atoms.